The molecule has 0 aliphatic heterocycles. The molecule has 0 unspecified atom stereocenters. The third-order valence-electron chi connectivity index (χ3n) is 4.63. The number of rotatable bonds is 9. The highest BCUT2D eigenvalue weighted by molar-refractivity contribution is 6.05. The third-order valence-corrected chi connectivity index (χ3v) is 4.63. The number of aromatic amines is 1. The summed E-state index contributed by atoms with van der Waals surface area (Å²) < 4.78 is 4.93. The Hall–Kier alpha value is -4.05. The van der Waals surface area contributed by atoms with Gasteiger partial charge in [0.15, 0.2) is 0 Å². The molecule has 10 nitrogen and oxygen atoms in total. The minimum absolute atomic E-state index is 0.138. The number of methoxy groups -OCH3 is 1. The van der Waals surface area contributed by atoms with E-state index in [9.17, 15) is 19.7 Å². The molecule has 1 aromatic heterocycles. The highest BCUT2D eigenvalue weighted by Crippen LogP contribution is 2.26. The molecule has 0 aliphatic carbocycles. The molecule has 1 heterocycles. The molecular weight excluding hydrogens is 414 g/mol. The van der Waals surface area contributed by atoms with E-state index in [-0.39, 0.29) is 16.8 Å². The summed E-state index contributed by atoms with van der Waals surface area (Å²) in [6, 6.07) is 12.5. The van der Waals surface area contributed by atoms with E-state index in [0.29, 0.717) is 48.0 Å². The van der Waals surface area contributed by atoms with Crippen molar-refractivity contribution in [1.29, 1.82) is 0 Å². The van der Waals surface area contributed by atoms with Crippen molar-refractivity contribution in [3.63, 3.8) is 0 Å². The number of nitro groups is 1. The maximum absolute atomic E-state index is 12.7. The van der Waals surface area contributed by atoms with Crippen LogP contribution < -0.4 is 16.2 Å². The molecule has 1 amide bonds. The molecule has 32 heavy (non-hydrogen) atoms. The van der Waals surface area contributed by atoms with Crippen molar-refractivity contribution in [2.45, 2.75) is 13.3 Å². The Morgan fingerprint density at radius 3 is 2.75 bits per heavy atom. The van der Waals surface area contributed by atoms with Gasteiger partial charge in [0.25, 0.3) is 17.2 Å². The first-order valence-corrected chi connectivity index (χ1v) is 9.94. The standard InChI is InChI=1S/C22H23N5O5/c1-3-16-13-20(28)26-21(24-16)14-5-4-6-17(11-14)25-22(29)15-7-8-18(23-9-10-32-2)19(12-15)27(30)31/h4-8,11-13,23H,3,9-10H2,1-2H3,(H,25,29)(H,24,26,28). The van der Waals surface area contributed by atoms with E-state index < -0.39 is 10.8 Å². The van der Waals surface area contributed by atoms with Crippen LogP contribution in [0.5, 0.6) is 0 Å². The summed E-state index contributed by atoms with van der Waals surface area (Å²) in [6.45, 7) is 2.68. The highest BCUT2D eigenvalue weighted by Gasteiger charge is 2.18. The molecule has 166 valence electrons. The molecule has 0 spiro atoms. The maximum atomic E-state index is 12.7. The monoisotopic (exact) mass is 437 g/mol. The summed E-state index contributed by atoms with van der Waals surface area (Å²) in [5.41, 5.74) is 1.72. The first-order chi connectivity index (χ1) is 15.4. The fourth-order valence-electron chi connectivity index (χ4n) is 3.03. The normalized spacial score (nSPS) is 10.6. The van der Waals surface area contributed by atoms with Gasteiger partial charge in [-0.25, -0.2) is 4.98 Å². The van der Waals surface area contributed by atoms with Crippen molar-refractivity contribution in [3.05, 3.63) is 80.3 Å². The SMILES string of the molecule is CCc1cc(=O)[nH]c(-c2cccc(NC(=O)c3ccc(NCCOC)c([N+](=O)[O-])c3)c2)n1. The molecule has 3 aromatic rings. The second kappa shape index (κ2) is 10.3. The van der Waals surface area contributed by atoms with Gasteiger partial charge in [-0.2, -0.15) is 0 Å². The summed E-state index contributed by atoms with van der Waals surface area (Å²) in [7, 11) is 1.53. The van der Waals surface area contributed by atoms with Crippen LogP contribution in [0.4, 0.5) is 17.1 Å². The first kappa shape index (κ1) is 22.6. The number of carbonyl (C=O) groups is 1. The van der Waals surface area contributed by atoms with Crippen LogP contribution in [-0.4, -0.2) is 41.1 Å². The number of carbonyl (C=O) groups excluding carboxylic acids is 1. The molecule has 0 atom stereocenters. The van der Waals surface area contributed by atoms with Crippen LogP contribution in [0, 0.1) is 10.1 Å². The molecule has 0 radical (unpaired) electrons. The quantitative estimate of drug-likeness (QED) is 0.265. The van der Waals surface area contributed by atoms with Crippen LogP contribution in [0.2, 0.25) is 0 Å². The van der Waals surface area contributed by atoms with Crippen molar-refractivity contribution >= 4 is 23.0 Å². The molecular formula is C22H23N5O5. The highest BCUT2D eigenvalue weighted by atomic mass is 16.6. The molecule has 0 bridgehead atoms. The number of amides is 1. The van der Waals surface area contributed by atoms with Crippen LogP contribution in [0.3, 0.4) is 0 Å². The van der Waals surface area contributed by atoms with Gasteiger partial charge in [0.2, 0.25) is 0 Å². The Labute approximate surface area is 183 Å². The Morgan fingerprint density at radius 1 is 1.22 bits per heavy atom. The molecule has 2 aromatic carbocycles. The Bertz CT molecular complexity index is 1190. The van der Waals surface area contributed by atoms with Gasteiger partial charge in [-0.3, -0.25) is 19.7 Å². The molecule has 0 saturated carbocycles. The van der Waals surface area contributed by atoms with Crippen LogP contribution >= 0.6 is 0 Å². The lowest BCUT2D eigenvalue weighted by molar-refractivity contribution is -0.384. The van der Waals surface area contributed by atoms with E-state index in [2.05, 4.69) is 20.6 Å². The van der Waals surface area contributed by atoms with E-state index >= 15 is 0 Å². The number of aromatic nitrogens is 2. The zero-order valence-electron chi connectivity index (χ0n) is 17.7. The summed E-state index contributed by atoms with van der Waals surface area (Å²) in [5.74, 6) is -0.106. The number of nitro benzene ring substituents is 1. The number of nitrogens with one attached hydrogen (secondary N) is 3. The molecule has 0 aliphatic rings. The predicted molar refractivity (Wildman–Crippen MR) is 121 cm³/mol. The van der Waals surface area contributed by atoms with Crippen molar-refractivity contribution in [2.24, 2.45) is 0 Å². The first-order valence-electron chi connectivity index (χ1n) is 9.94. The fraction of sp³-hybridized carbons (Fsp3) is 0.227. The van der Waals surface area contributed by atoms with E-state index in [1.807, 2.05) is 6.92 Å². The van der Waals surface area contributed by atoms with E-state index in [4.69, 9.17) is 4.74 Å². The lowest BCUT2D eigenvalue weighted by Crippen LogP contribution is -2.14. The van der Waals surface area contributed by atoms with E-state index in [1.165, 1.54) is 31.4 Å². The summed E-state index contributed by atoms with van der Waals surface area (Å²) in [6.07, 6.45) is 0.614. The van der Waals surface area contributed by atoms with Gasteiger partial charge >= 0.3 is 0 Å². The molecule has 10 heteroatoms. The zero-order chi connectivity index (χ0) is 23.1. The van der Waals surface area contributed by atoms with Crippen LogP contribution in [-0.2, 0) is 11.2 Å². The lowest BCUT2D eigenvalue weighted by Gasteiger charge is -2.10. The number of anilines is 2. The maximum Gasteiger partial charge on any atom is 0.293 e. The second-order valence-electron chi connectivity index (χ2n) is 6.88. The summed E-state index contributed by atoms with van der Waals surface area (Å²) in [4.78, 5) is 42.6. The Morgan fingerprint density at radius 2 is 2.03 bits per heavy atom. The number of nitrogens with zero attached hydrogens (tertiary/aromatic N) is 2. The topological polar surface area (TPSA) is 139 Å². The number of hydrogen-bond donors (Lipinski definition) is 3. The zero-order valence-corrected chi connectivity index (χ0v) is 17.7. The largest absolute Gasteiger partial charge is 0.383 e. The minimum Gasteiger partial charge on any atom is -0.383 e. The Kier molecular flexibility index (Phi) is 7.29. The van der Waals surface area contributed by atoms with Gasteiger partial charge in [0, 0.05) is 48.3 Å². The van der Waals surface area contributed by atoms with Crippen LogP contribution in [0.25, 0.3) is 11.4 Å². The molecule has 3 rings (SSSR count). The fourth-order valence-corrected chi connectivity index (χ4v) is 3.03. The van der Waals surface area contributed by atoms with Crippen molar-refractivity contribution in [1.82, 2.24) is 9.97 Å². The molecule has 0 saturated heterocycles. The average molecular weight is 437 g/mol. The summed E-state index contributed by atoms with van der Waals surface area (Å²) in [5, 5.41) is 17.1. The van der Waals surface area contributed by atoms with E-state index in [0.717, 1.165) is 0 Å². The lowest BCUT2D eigenvalue weighted by atomic mass is 10.1. The van der Waals surface area contributed by atoms with Crippen molar-refractivity contribution in [2.75, 3.05) is 30.9 Å². The molecule has 3 N–H and O–H groups in total. The third kappa shape index (κ3) is 5.55. The number of benzene rings is 2. The smallest absolute Gasteiger partial charge is 0.293 e. The van der Waals surface area contributed by atoms with Gasteiger partial charge < -0.3 is 20.4 Å². The van der Waals surface area contributed by atoms with E-state index in [1.54, 1.807) is 24.3 Å². The number of ether oxygens (including phenoxy) is 1. The van der Waals surface area contributed by atoms with Crippen LogP contribution in [0.15, 0.2) is 53.3 Å². The Balaban J connectivity index is 1.82. The minimum atomic E-state index is -0.546. The van der Waals surface area contributed by atoms with Gasteiger partial charge in [-0.15, -0.1) is 0 Å². The van der Waals surface area contributed by atoms with Gasteiger partial charge in [-0.1, -0.05) is 19.1 Å². The average Bonchev–Trinajstić information content (AvgIpc) is 2.79. The van der Waals surface area contributed by atoms with Gasteiger partial charge in [-0.05, 0) is 30.7 Å². The number of H-pyrrole nitrogens is 1. The second-order valence-corrected chi connectivity index (χ2v) is 6.88. The van der Waals surface area contributed by atoms with Crippen LogP contribution in [0.1, 0.15) is 23.0 Å². The van der Waals surface area contributed by atoms with Crippen molar-refractivity contribution in [3.8, 4) is 11.4 Å². The van der Waals surface area contributed by atoms with Gasteiger partial charge in [0.1, 0.15) is 11.5 Å². The van der Waals surface area contributed by atoms with Crippen molar-refractivity contribution < 1.29 is 14.5 Å². The molecule has 0 fully saturated rings. The number of hydrogen-bond acceptors (Lipinski definition) is 7. The summed E-state index contributed by atoms with van der Waals surface area (Å²) >= 11 is 0. The predicted octanol–water partition coefficient (Wildman–Crippen LogP) is 3.22. The number of aryl methyl sites for hydroxylation is 1. The van der Waals surface area contributed by atoms with Gasteiger partial charge in [0.05, 0.1) is 11.5 Å².